The highest BCUT2D eigenvalue weighted by atomic mass is 19.1. The van der Waals surface area contributed by atoms with Gasteiger partial charge in [0.05, 0.1) is 0 Å². The first-order valence-corrected chi connectivity index (χ1v) is 9.23. The second kappa shape index (κ2) is 9.58. The maximum atomic E-state index is 13.4. The molecule has 2 aromatic carbocycles. The zero-order valence-corrected chi connectivity index (χ0v) is 16.7. The van der Waals surface area contributed by atoms with Crippen molar-refractivity contribution in [2.24, 2.45) is 16.5 Å². The number of hydrogen-bond donors (Lipinski definition) is 4. The number of rotatable bonds is 5. The Balaban J connectivity index is 2.13. The predicted octanol–water partition coefficient (Wildman–Crippen LogP) is 2.81. The van der Waals surface area contributed by atoms with Crippen LogP contribution < -0.4 is 22.1 Å². The van der Waals surface area contributed by atoms with Gasteiger partial charge in [-0.25, -0.2) is 13.8 Å². The maximum Gasteiger partial charge on any atom is 0.258 e. The van der Waals surface area contributed by atoms with Gasteiger partial charge in [-0.1, -0.05) is 18.2 Å². The lowest BCUT2D eigenvalue weighted by molar-refractivity contribution is 0.0974. The van der Waals surface area contributed by atoms with Gasteiger partial charge < -0.3 is 16.8 Å². The van der Waals surface area contributed by atoms with Crippen LogP contribution in [0.15, 0.2) is 53.5 Å². The van der Waals surface area contributed by atoms with Crippen LogP contribution in [0.1, 0.15) is 49.2 Å². The van der Waals surface area contributed by atoms with E-state index in [0.717, 1.165) is 11.6 Å². The molecule has 0 spiro atoms. The average molecular weight is 403 g/mol. The summed E-state index contributed by atoms with van der Waals surface area (Å²) in [4.78, 5) is 16.8. The van der Waals surface area contributed by atoms with Gasteiger partial charge in [0, 0.05) is 23.6 Å². The van der Waals surface area contributed by atoms with Crippen molar-refractivity contribution >= 4 is 11.9 Å². The van der Waals surface area contributed by atoms with Crippen LogP contribution in [0.3, 0.4) is 0 Å². The van der Waals surface area contributed by atoms with Crippen molar-refractivity contribution in [3.05, 3.63) is 71.3 Å². The molecule has 0 heterocycles. The molecule has 0 saturated heterocycles. The summed E-state index contributed by atoms with van der Waals surface area (Å²) < 4.78 is 26.5. The molecule has 0 bridgehead atoms. The van der Waals surface area contributed by atoms with Gasteiger partial charge in [-0.05, 0) is 56.7 Å². The number of nitrogens with one attached hydrogen (secondary N) is 2. The number of nitrogens with two attached hydrogens (primary N) is 2. The molecule has 0 aliphatic heterocycles. The molecule has 2 atom stereocenters. The molecule has 8 heteroatoms. The van der Waals surface area contributed by atoms with Gasteiger partial charge >= 0.3 is 0 Å². The van der Waals surface area contributed by atoms with E-state index in [4.69, 9.17) is 11.5 Å². The molecule has 1 amide bonds. The van der Waals surface area contributed by atoms with Crippen molar-refractivity contribution in [1.82, 2.24) is 10.6 Å². The van der Waals surface area contributed by atoms with Crippen LogP contribution in [0.5, 0.6) is 0 Å². The number of amides is 1. The lowest BCUT2D eigenvalue weighted by Crippen LogP contribution is -2.50. The number of halogens is 2. The van der Waals surface area contributed by atoms with Crippen LogP contribution >= 0.6 is 0 Å². The van der Waals surface area contributed by atoms with E-state index < -0.39 is 29.5 Å². The number of aliphatic imine (C=N–C) groups is 1. The van der Waals surface area contributed by atoms with Crippen LogP contribution in [0.2, 0.25) is 0 Å². The third kappa shape index (κ3) is 7.59. The van der Waals surface area contributed by atoms with E-state index in [9.17, 15) is 13.6 Å². The van der Waals surface area contributed by atoms with Crippen molar-refractivity contribution in [3.63, 3.8) is 0 Å². The summed E-state index contributed by atoms with van der Waals surface area (Å²) in [6, 6.07) is 10.7. The first kappa shape index (κ1) is 22.4. The van der Waals surface area contributed by atoms with Gasteiger partial charge in [0.15, 0.2) is 5.96 Å². The molecule has 29 heavy (non-hydrogen) atoms. The number of carbonyl (C=O) groups excluding carboxylic acids is 1. The van der Waals surface area contributed by atoms with Crippen LogP contribution in [-0.4, -0.2) is 23.6 Å². The molecule has 0 radical (unpaired) electrons. The third-order valence-electron chi connectivity index (χ3n) is 3.90. The highest BCUT2D eigenvalue weighted by Gasteiger charge is 2.18. The Kier molecular flexibility index (Phi) is 7.41. The molecule has 0 aliphatic carbocycles. The van der Waals surface area contributed by atoms with Gasteiger partial charge in [0.2, 0.25) is 0 Å². The summed E-state index contributed by atoms with van der Waals surface area (Å²) in [7, 11) is 0. The molecule has 0 aliphatic rings. The van der Waals surface area contributed by atoms with Crippen LogP contribution in [-0.2, 0) is 0 Å². The number of benzene rings is 2. The van der Waals surface area contributed by atoms with Gasteiger partial charge in [0.25, 0.3) is 5.91 Å². The van der Waals surface area contributed by atoms with Crippen molar-refractivity contribution in [1.29, 1.82) is 0 Å². The summed E-state index contributed by atoms with van der Waals surface area (Å²) in [5.74, 6) is -1.22. The van der Waals surface area contributed by atoms with E-state index in [1.54, 1.807) is 12.1 Å². The maximum absolute atomic E-state index is 13.4. The monoisotopic (exact) mass is 403 g/mol. The molecule has 0 aromatic heterocycles. The summed E-state index contributed by atoms with van der Waals surface area (Å²) in [5.41, 5.74) is 12.7. The SMILES string of the molecule is CC(C)(C)NC(=NC(N)CC(N)c1ccc(F)cc1)NC(=O)c1cccc(F)c1. The summed E-state index contributed by atoms with van der Waals surface area (Å²) in [5, 5.41) is 5.71. The normalized spacial score (nSPS) is 14.2. The minimum Gasteiger partial charge on any atom is -0.351 e. The van der Waals surface area contributed by atoms with E-state index in [2.05, 4.69) is 15.6 Å². The molecule has 0 fully saturated rings. The lowest BCUT2D eigenvalue weighted by atomic mass is 10.0. The standard InChI is InChI=1S/C21H27F2N5O/c1-21(2,3)28-20(27-19(29)14-5-4-6-16(23)11-14)26-18(25)12-17(24)13-7-9-15(22)10-8-13/h4-11,17-18H,12,24-25H2,1-3H3,(H2,26,27,28,29). The molecule has 6 N–H and O–H groups in total. The van der Waals surface area contributed by atoms with Gasteiger partial charge in [-0.2, -0.15) is 0 Å². The Bertz CT molecular complexity index is 862. The summed E-state index contributed by atoms with van der Waals surface area (Å²) in [6.07, 6.45) is -0.454. The quantitative estimate of drug-likeness (QED) is 0.455. The van der Waals surface area contributed by atoms with E-state index in [0.29, 0.717) is 0 Å². The van der Waals surface area contributed by atoms with Gasteiger partial charge in [-0.3, -0.25) is 10.1 Å². The molecular weight excluding hydrogens is 376 g/mol. The van der Waals surface area contributed by atoms with Crippen molar-refractivity contribution in [2.45, 2.75) is 44.9 Å². The van der Waals surface area contributed by atoms with Crippen LogP contribution in [0, 0.1) is 11.6 Å². The van der Waals surface area contributed by atoms with Crippen molar-refractivity contribution in [3.8, 4) is 0 Å². The molecule has 2 aromatic rings. The van der Waals surface area contributed by atoms with Crippen molar-refractivity contribution < 1.29 is 13.6 Å². The topological polar surface area (TPSA) is 106 Å². The second-order valence-electron chi connectivity index (χ2n) is 7.78. The van der Waals surface area contributed by atoms with E-state index >= 15 is 0 Å². The minimum absolute atomic E-state index is 0.157. The number of nitrogens with zero attached hydrogens (tertiary/aromatic N) is 1. The zero-order valence-electron chi connectivity index (χ0n) is 16.7. The molecule has 6 nitrogen and oxygen atoms in total. The van der Waals surface area contributed by atoms with Crippen LogP contribution in [0.4, 0.5) is 8.78 Å². The highest BCUT2D eigenvalue weighted by molar-refractivity contribution is 6.05. The Morgan fingerprint density at radius 3 is 2.31 bits per heavy atom. The Morgan fingerprint density at radius 1 is 1.07 bits per heavy atom. The highest BCUT2D eigenvalue weighted by Crippen LogP contribution is 2.16. The third-order valence-corrected chi connectivity index (χ3v) is 3.90. The fourth-order valence-corrected chi connectivity index (χ4v) is 2.59. The molecule has 2 unspecified atom stereocenters. The molecular formula is C21H27F2N5O. The first-order valence-electron chi connectivity index (χ1n) is 9.23. The van der Waals surface area contributed by atoms with Gasteiger partial charge in [0.1, 0.15) is 17.8 Å². The summed E-state index contributed by atoms with van der Waals surface area (Å²) in [6.45, 7) is 5.69. The molecule has 0 saturated carbocycles. The van der Waals surface area contributed by atoms with Crippen molar-refractivity contribution in [2.75, 3.05) is 0 Å². The number of guanidine groups is 1. The van der Waals surface area contributed by atoms with Crippen LogP contribution in [0.25, 0.3) is 0 Å². The average Bonchev–Trinajstić information content (AvgIpc) is 2.60. The fraction of sp³-hybridized carbons (Fsp3) is 0.333. The van der Waals surface area contributed by atoms with E-state index in [-0.39, 0.29) is 23.8 Å². The predicted molar refractivity (Wildman–Crippen MR) is 110 cm³/mol. The number of carbonyl (C=O) groups is 1. The molecule has 2 rings (SSSR count). The smallest absolute Gasteiger partial charge is 0.258 e. The van der Waals surface area contributed by atoms with E-state index in [1.165, 1.54) is 30.3 Å². The minimum atomic E-state index is -0.729. The lowest BCUT2D eigenvalue weighted by Gasteiger charge is -2.25. The molecule has 156 valence electrons. The zero-order chi connectivity index (χ0) is 21.6. The second-order valence-corrected chi connectivity index (χ2v) is 7.78. The summed E-state index contributed by atoms with van der Waals surface area (Å²) >= 11 is 0. The van der Waals surface area contributed by atoms with Gasteiger partial charge in [-0.15, -0.1) is 0 Å². The fourth-order valence-electron chi connectivity index (χ4n) is 2.59. The Morgan fingerprint density at radius 2 is 1.72 bits per heavy atom. The Hall–Kier alpha value is -2.84. The van der Waals surface area contributed by atoms with E-state index in [1.807, 2.05) is 20.8 Å². The Labute approximate surface area is 169 Å². The first-order chi connectivity index (χ1) is 13.5. The largest absolute Gasteiger partial charge is 0.351 e. The number of hydrogen-bond acceptors (Lipinski definition) is 4.